The van der Waals surface area contributed by atoms with Gasteiger partial charge in [0, 0.05) is 17.1 Å². The Morgan fingerprint density at radius 1 is 0.431 bits per heavy atom. The van der Waals surface area contributed by atoms with Crippen LogP contribution in [-0.4, -0.2) is 0 Å². The highest BCUT2D eigenvalue weighted by molar-refractivity contribution is 6.06. The molecule has 0 fully saturated rings. The molecule has 1 heteroatoms. The van der Waals surface area contributed by atoms with Crippen molar-refractivity contribution >= 4 is 27.8 Å². The zero-order valence-corrected chi connectivity index (χ0v) is 28.6. The molecule has 0 bridgehead atoms. The molecule has 51 heavy (non-hydrogen) atoms. The second kappa shape index (κ2) is 12.5. The number of hydrogen-bond acceptors (Lipinski definition) is 1. The Labute approximate surface area is 300 Å². The van der Waals surface area contributed by atoms with E-state index in [1.807, 2.05) is 6.92 Å². The lowest BCUT2D eigenvalue weighted by atomic mass is 9.70. The summed E-state index contributed by atoms with van der Waals surface area (Å²) in [5, 5.41) is 2.58. The fourth-order valence-corrected chi connectivity index (χ4v) is 8.49. The zero-order chi connectivity index (χ0) is 34.4. The minimum Gasteiger partial charge on any atom is -0.310 e. The van der Waals surface area contributed by atoms with Gasteiger partial charge in [0.05, 0.1) is 5.41 Å². The van der Waals surface area contributed by atoms with E-state index in [9.17, 15) is 0 Å². The van der Waals surface area contributed by atoms with Gasteiger partial charge in [0.1, 0.15) is 0 Å². The quantitative estimate of drug-likeness (QED) is 0.171. The highest BCUT2D eigenvalue weighted by Crippen LogP contribution is 2.64. The molecule has 8 aromatic carbocycles. The topological polar surface area (TPSA) is 3.24 Å². The normalized spacial score (nSPS) is 12.6. The van der Waals surface area contributed by atoms with E-state index in [4.69, 9.17) is 0 Å². The lowest BCUT2D eigenvalue weighted by molar-refractivity contribution is 0.794. The molecule has 10 rings (SSSR count). The number of rotatable bonds is 4. The largest absolute Gasteiger partial charge is 0.310 e. The van der Waals surface area contributed by atoms with Crippen molar-refractivity contribution in [3.8, 4) is 33.4 Å². The third kappa shape index (κ3) is 4.70. The number of benzene rings is 8. The first-order chi connectivity index (χ1) is 25.2. The van der Waals surface area contributed by atoms with Gasteiger partial charge in [-0.05, 0) is 110 Å². The van der Waals surface area contributed by atoms with Gasteiger partial charge in [-0.15, -0.1) is 6.58 Å². The van der Waals surface area contributed by atoms with Crippen LogP contribution < -0.4 is 4.90 Å². The van der Waals surface area contributed by atoms with Gasteiger partial charge in [-0.2, -0.15) is 0 Å². The van der Waals surface area contributed by atoms with Crippen LogP contribution in [0, 0.1) is 0 Å². The molecular formula is C50H37N. The van der Waals surface area contributed by atoms with Gasteiger partial charge in [0.15, 0.2) is 0 Å². The van der Waals surface area contributed by atoms with Crippen molar-refractivity contribution in [2.75, 3.05) is 4.90 Å². The summed E-state index contributed by atoms with van der Waals surface area (Å²) in [5.74, 6) is 0. The van der Waals surface area contributed by atoms with Crippen LogP contribution in [0.25, 0.3) is 44.2 Å². The fourth-order valence-electron chi connectivity index (χ4n) is 8.49. The first kappa shape index (κ1) is 30.6. The van der Waals surface area contributed by atoms with Crippen LogP contribution in [0.1, 0.15) is 29.2 Å². The highest BCUT2D eigenvalue weighted by Gasteiger charge is 2.52. The smallest absolute Gasteiger partial charge is 0.0726 e. The highest BCUT2D eigenvalue weighted by atomic mass is 15.1. The van der Waals surface area contributed by atoms with E-state index in [0.29, 0.717) is 0 Å². The van der Waals surface area contributed by atoms with Crippen LogP contribution in [0.4, 0.5) is 17.1 Å². The van der Waals surface area contributed by atoms with E-state index >= 15 is 0 Å². The molecular weight excluding hydrogens is 615 g/mol. The van der Waals surface area contributed by atoms with Crippen LogP contribution in [0.15, 0.2) is 201 Å². The number of nitrogens with zero attached hydrogens (tertiary/aromatic N) is 1. The number of hydrogen-bond donors (Lipinski definition) is 0. The van der Waals surface area contributed by atoms with Crippen molar-refractivity contribution in [2.24, 2.45) is 0 Å². The average Bonchev–Trinajstić information content (AvgIpc) is 3.67. The standard InChI is InChI=1S/C47H31N.C3H6/c1-3-13-32(14-4-1)33-23-26-36(27-24-33)48(35-16-5-2-6-17-35)37-28-29-41-45(31-37)47(44-30-25-34-15-7-8-18-38(34)46(41)44)42-21-11-9-19-39(42)40-20-10-12-22-43(40)47;1-3-2/h1-31H;3H,1H2,2H3. The van der Waals surface area contributed by atoms with Crippen LogP contribution in [0.5, 0.6) is 0 Å². The van der Waals surface area contributed by atoms with Gasteiger partial charge >= 0.3 is 0 Å². The minimum absolute atomic E-state index is 0.419. The summed E-state index contributed by atoms with van der Waals surface area (Å²) in [7, 11) is 0. The zero-order valence-electron chi connectivity index (χ0n) is 28.6. The van der Waals surface area contributed by atoms with Crippen LogP contribution in [-0.2, 0) is 5.41 Å². The van der Waals surface area contributed by atoms with E-state index in [0.717, 1.165) is 17.1 Å². The Balaban J connectivity index is 0.00000112. The van der Waals surface area contributed by atoms with E-state index in [1.54, 1.807) is 6.08 Å². The Morgan fingerprint density at radius 3 is 1.65 bits per heavy atom. The summed E-state index contributed by atoms with van der Waals surface area (Å²) in [6.45, 7) is 5.25. The van der Waals surface area contributed by atoms with Crippen LogP contribution in [0.2, 0.25) is 0 Å². The molecule has 2 aliphatic rings. The number of fused-ring (bicyclic) bond motifs is 12. The molecule has 0 saturated heterocycles. The number of allylic oxidation sites excluding steroid dienone is 1. The first-order valence-corrected chi connectivity index (χ1v) is 17.7. The third-order valence-electron chi connectivity index (χ3n) is 10.5. The molecule has 0 radical (unpaired) electrons. The average molecular weight is 652 g/mol. The van der Waals surface area contributed by atoms with Crippen LogP contribution in [0.3, 0.4) is 0 Å². The molecule has 242 valence electrons. The second-order valence-corrected chi connectivity index (χ2v) is 13.3. The maximum Gasteiger partial charge on any atom is 0.0726 e. The van der Waals surface area contributed by atoms with Gasteiger partial charge < -0.3 is 4.90 Å². The first-order valence-electron chi connectivity index (χ1n) is 17.7. The number of anilines is 3. The van der Waals surface area contributed by atoms with E-state index in [1.165, 1.54) is 66.4 Å². The van der Waals surface area contributed by atoms with Crippen molar-refractivity contribution in [3.63, 3.8) is 0 Å². The van der Waals surface area contributed by atoms with Gasteiger partial charge in [0.25, 0.3) is 0 Å². The summed E-state index contributed by atoms with van der Waals surface area (Å²) >= 11 is 0. The molecule has 0 amide bonds. The lowest BCUT2D eigenvalue weighted by Crippen LogP contribution is -2.26. The Hall–Kier alpha value is -6.44. The van der Waals surface area contributed by atoms with E-state index in [2.05, 4.69) is 200 Å². The summed E-state index contributed by atoms with van der Waals surface area (Å²) in [6.07, 6.45) is 1.75. The van der Waals surface area contributed by atoms with E-state index in [-0.39, 0.29) is 0 Å². The van der Waals surface area contributed by atoms with Crippen LogP contribution >= 0.6 is 0 Å². The van der Waals surface area contributed by atoms with Crippen molar-refractivity contribution in [2.45, 2.75) is 12.3 Å². The van der Waals surface area contributed by atoms with Crippen molar-refractivity contribution < 1.29 is 0 Å². The molecule has 1 nitrogen and oxygen atoms in total. The SMILES string of the molecule is C=CC.c1ccc(-c2ccc(N(c3ccccc3)c3ccc4c(c3)C3(c5ccccc5-c5ccccc53)c3ccc5ccccc5c3-4)cc2)cc1. The number of para-hydroxylation sites is 1. The molecule has 8 aromatic rings. The summed E-state index contributed by atoms with van der Waals surface area (Å²) in [5.41, 5.74) is 16.1. The summed E-state index contributed by atoms with van der Waals surface area (Å²) in [4.78, 5) is 2.40. The predicted octanol–water partition coefficient (Wildman–Crippen LogP) is 13.5. The lowest BCUT2D eigenvalue weighted by Gasteiger charge is -2.32. The summed E-state index contributed by atoms with van der Waals surface area (Å²) < 4.78 is 0. The molecule has 0 unspecified atom stereocenters. The third-order valence-corrected chi connectivity index (χ3v) is 10.5. The van der Waals surface area contributed by atoms with Crippen molar-refractivity contribution in [3.05, 3.63) is 223 Å². The minimum atomic E-state index is -0.419. The van der Waals surface area contributed by atoms with Gasteiger partial charge in [-0.1, -0.05) is 158 Å². The monoisotopic (exact) mass is 651 g/mol. The van der Waals surface area contributed by atoms with E-state index < -0.39 is 5.41 Å². The molecule has 0 saturated carbocycles. The molecule has 0 heterocycles. The maximum atomic E-state index is 3.36. The maximum absolute atomic E-state index is 3.36. The molecule has 0 atom stereocenters. The molecule has 0 aromatic heterocycles. The van der Waals surface area contributed by atoms with Gasteiger partial charge in [-0.3, -0.25) is 0 Å². The molecule has 0 N–H and O–H groups in total. The van der Waals surface area contributed by atoms with Gasteiger partial charge in [-0.25, -0.2) is 0 Å². The Bertz CT molecular complexity index is 2500. The molecule has 1 spiro atoms. The Kier molecular flexibility index (Phi) is 7.48. The molecule has 0 aliphatic heterocycles. The predicted molar refractivity (Wildman–Crippen MR) is 216 cm³/mol. The Morgan fingerprint density at radius 2 is 0.961 bits per heavy atom. The second-order valence-electron chi connectivity index (χ2n) is 13.3. The summed E-state index contributed by atoms with van der Waals surface area (Å²) in [6, 6.07) is 69.1. The van der Waals surface area contributed by atoms with Gasteiger partial charge in [0.2, 0.25) is 0 Å². The fraction of sp³-hybridized carbons (Fsp3) is 0.0400. The van der Waals surface area contributed by atoms with Crippen molar-refractivity contribution in [1.29, 1.82) is 0 Å². The molecule has 2 aliphatic carbocycles. The van der Waals surface area contributed by atoms with Crippen molar-refractivity contribution in [1.82, 2.24) is 0 Å².